The molecular formula is C12H14N2OS. The van der Waals surface area contributed by atoms with Crippen molar-refractivity contribution in [2.24, 2.45) is 0 Å². The van der Waals surface area contributed by atoms with Crippen LogP contribution in [0.5, 0.6) is 0 Å². The van der Waals surface area contributed by atoms with E-state index in [1.807, 2.05) is 12.1 Å². The third-order valence-corrected chi connectivity index (χ3v) is 3.68. The first-order valence-electron chi connectivity index (χ1n) is 5.22. The van der Waals surface area contributed by atoms with Gasteiger partial charge in [-0.1, -0.05) is 6.92 Å². The van der Waals surface area contributed by atoms with Crippen molar-refractivity contribution < 1.29 is 4.79 Å². The highest BCUT2D eigenvalue weighted by Crippen LogP contribution is 2.28. The summed E-state index contributed by atoms with van der Waals surface area (Å²) in [5.41, 5.74) is 2.18. The van der Waals surface area contributed by atoms with Crippen molar-refractivity contribution in [1.82, 2.24) is 9.88 Å². The number of carbonyl (C=O) groups excluding carboxylic acids is 1. The summed E-state index contributed by atoms with van der Waals surface area (Å²) in [6.45, 7) is 2.11. The molecule has 16 heavy (non-hydrogen) atoms. The maximum absolute atomic E-state index is 11.8. The molecule has 1 amide bonds. The molecule has 2 rings (SSSR count). The van der Waals surface area contributed by atoms with Crippen LogP contribution in [-0.2, 0) is 6.42 Å². The van der Waals surface area contributed by atoms with Crippen molar-refractivity contribution in [2.45, 2.75) is 13.3 Å². The lowest BCUT2D eigenvalue weighted by atomic mass is 10.2. The molecule has 0 unspecified atom stereocenters. The Labute approximate surface area is 98.7 Å². The van der Waals surface area contributed by atoms with Gasteiger partial charge in [-0.05, 0) is 24.1 Å². The van der Waals surface area contributed by atoms with Crippen LogP contribution >= 0.6 is 11.3 Å². The van der Waals surface area contributed by atoms with Gasteiger partial charge < -0.3 is 4.90 Å². The molecule has 0 fully saturated rings. The van der Waals surface area contributed by atoms with Crippen molar-refractivity contribution in [2.75, 3.05) is 14.1 Å². The molecule has 0 aromatic carbocycles. The van der Waals surface area contributed by atoms with Gasteiger partial charge in [0.05, 0.1) is 15.1 Å². The second-order valence-electron chi connectivity index (χ2n) is 3.85. The van der Waals surface area contributed by atoms with Gasteiger partial charge in [0.25, 0.3) is 5.91 Å². The van der Waals surface area contributed by atoms with Crippen LogP contribution in [-0.4, -0.2) is 29.9 Å². The van der Waals surface area contributed by atoms with Crippen LogP contribution in [0.1, 0.15) is 22.2 Å². The van der Waals surface area contributed by atoms with Crippen LogP contribution in [0.2, 0.25) is 0 Å². The van der Waals surface area contributed by atoms with Gasteiger partial charge in [0.2, 0.25) is 0 Å². The van der Waals surface area contributed by atoms with Crippen LogP contribution in [0.4, 0.5) is 0 Å². The fourth-order valence-electron chi connectivity index (χ4n) is 1.59. The lowest BCUT2D eigenvalue weighted by Gasteiger charge is -2.06. The Kier molecular flexibility index (Phi) is 2.92. The highest BCUT2D eigenvalue weighted by atomic mass is 32.1. The molecule has 2 heterocycles. The molecule has 3 nitrogen and oxygen atoms in total. The first-order chi connectivity index (χ1) is 7.63. The molecular weight excluding hydrogens is 220 g/mol. The van der Waals surface area contributed by atoms with Crippen LogP contribution in [0.25, 0.3) is 10.2 Å². The minimum absolute atomic E-state index is 0.0463. The van der Waals surface area contributed by atoms with E-state index in [0.29, 0.717) is 0 Å². The van der Waals surface area contributed by atoms with Crippen LogP contribution in [0.3, 0.4) is 0 Å². The number of thiophene rings is 1. The number of aromatic nitrogens is 1. The maximum atomic E-state index is 11.8. The van der Waals surface area contributed by atoms with E-state index in [9.17, 15) is 4.79 Å². The van der Waals surface area contributed by atoms with E-state index >= 15 is 0 Å². The van der Waals surface area contributed by atoms with Crippen molar-refractivity contribution >= 4 is 27.5 Å². The summed E-state index contributed by atoms with van der Waals surface area (Å²) in [7, 11) is 3.53. The fourth-order valence-corrected chi connectivity index (χ4v) is 2.81. The average molecular weight is 234 g/mol. The molecule has 0 saturated carbocycles. The predicted octanol–water partition coefficient (Wildman–Crippen LogP) is 2.56. The van der Waals surface area contributed by atoms with Gasteiger partial charge in [-0.15, -0.1) is 11.3 Å². The summed E-state index contributed by atoms with van der Waals surface area (Å²) in [6.07, 6.45) is 2.77. The van der Waals surface area contributed by atoms with Crippen molar-refractivity contribution in [3.05, 3.63) is 28.8 Å². The monoisotopic (exact) mass is 234 g/mol. The lowest BCUT2D eigenvalue weighted by molar-refractivity contribution is 0.0832. The second kappa shape index (κ2) is 4.22. The Hall–Kier alpha value is -1.42. The SMILES string of the molecule is CCc1ccnc2cc(C(=O)N(C)C)sc12. The molecule has 0 spiro atoms. The predicted molar refractivity (Wildman–Crippen MR) is 67.0 cm³/mol. The average Bonchev–Trinajstić information content (AvgIpc) is 2.70. The fraction of sp³-hybridized carbons (Fsp3) is 0.333. The smallest absolute Gasteiger partial charge is 0.263 e. The topological polar surface area (TPSA) is 33.2 Å². The van der Waals surface area contributed by atoms with Crippen LogP contribution < -0.4 is 0 Å². The highest BCUT2D eigenvalue weighted by molar-refractivity contribution is 7.20. The van der Waals surface area contributed by atoms with E-state index in [-0.39, 0.29) is 5.91 Å². The van der Waals surface area contributed by atoms with Crippen molar-refractivity contribution in [3.63, 3.8) is 0 Å². The molecule has 2 aromatic heterocycles. The van der Waals surface area contributed by atoms with Crippen molar-refractivity contribution in [1.29, 1.82) is 0 Å². The van der Waals surface area contributed by atoms with Gasteiger partial charge in [0.15, 0.2) is 0 Å². The van der Waals surface area contributed by atoms with Gasteiger partial charge in [-0.2, -0.15) is 0 Å². The summed E-state index contributed by atoms with van der Waals surface area (Å²) >= 11 is 1.53. The molecule has 0 aliphatic rings. The van der Waals surface area contributed by atoms with E-state index in [4.69, 9.17) is 0 Å². The number of nitrogens with zero attached hydrogens (tertiary/aromatic N) is 2. The molecule has 0 radical (unpaired) electrons. The van der Waals surface area contributed by atoms with E-state index in [1.54, 1.807) is 25.2 Å². The number of pyridine rings is 1. The van der Waals surface area contributed by atoms with Crippen molar-refractivity contribution in [3.8, 4) is 0 Å². The minimum atomic E-state index is 0.0463. The van der Waals surface area contributed by atoms with Gasteiger partial charge in [-0.25, -0.2) is 0 Å². The molecule has 0 N–H and O–H groups in total. The zero-order chi connectivity index (χ0) is 11.7. The Morgan fingerprint density at radius 2 is 2.25 bits per heavy atom. The van der Waals surface area contributed by atoms with E-state index in [0.717, 1.165) is 21.5 Å². The van der Waals surface area contributed by atoms with Gasteiger partial charge in [0.1, 0.15) is 0 Å². The molecule has 0 aliphatic carbocycles. The number of hydrogen-bond donors (Lipinski definition) is 0. The normalized spacial score (nSPS) is 10.7. The zero-order valence-corrected chi connectivity index (χ0v) is 10.5. The number of amides is 1. The molecule has 0 saturated heterocycles. The number of rotatable bonds is 2. The highest BCUT2D eigenvalue weighted by Gasteiger charge is 2.13. The lowest BCUT2D eigenvalue weighted by Crippen LogP contribution is -2.20. The second-order valence-corrected chi connectivity index (χ2v) is 4.90. The molecule has 2 aromatic rings. The molecule has 0 aliphatic heterocycles. The first kappa shape index (κ1) is 11.1. The van der Waals surface area contributed by atoms with E-state index in [2.05, 4.69) is 11.9 Å². The van der Waals surface area contributed by atoms with Gasteiger partial charge >= 0.3 is 0 Å². The summed E-state index contributed by atoms with van der Waals surface area (Å²) in [6, 6.07) is 3.89. The molecule has 4 heteroatoms. The largest absolute Gasteiger partial charge is 0.344 e. The first-order valence-corrected chi connectivity index (χ1v) is 6.04. The number of carbonyl (C=O) groups is 1. The molecule has 0 bridgehead atoms. The zero-order valence-electron chi connectivity index (χ0n) is 9.65. The summed E-state index contributed by atoms with van der Waals surface area (Å²) < 4.78 is 1.13. The number of fused-ring (bicyclic) bond motifs is 1. The number of aryl methyl sites for hydroxylation is 1. The minimum Gasteiger partial charge on any atom is -0.344 e. The molecule has 0 atom stereocenters. The quantitative estimate of drug-likeness (QED) is 0.800. The summed E-state index contributed by atoms with van der Waals surface area (Å²) in [5, 5.41) is 0. The standard InChI is InChI=1S/C12H14N2OS/c1-4-8-5-6-13-9-7-10(16-11(8)9)12(15)14(2)3/h5-7H,4H2,1-3H3. The number of hydrogen-bond acceptors (Lipinski definition) is 3. The Morgan fingerprint density at radius 3 is 2.88 bits per heavy atom. The van der Waals surface area contributed by atoms with E-state index < -0.39 is 0 Å². The summed E-state index contributed by atoms with van der Waals surface area (Å²) in [4.78, 5) is 18.5. The Morgan fingerprint density at radius 1 is 1.50 bits per heavy atom. The summed E-state index contributed by atoms with van der Waals surface area (Å²) in [5.74, 6) is 0.0463. The Balaban J connectivity index is 2.56. The molecule has 84 valence electrons. The third kappa shape index (κ3) is 1.80. The van der Waals surface area contributed by atoms with Gasteiger partial charge in [0, 0.05) is 20.3 Å². The maximum Gasteiger partial charge on any atom is 0.263 e. The Bertz CT molecular complexity index is 531. The third-order valence-electron chi connectivity index (χ3n) is 2.49. The van der Waals surface area contributed by atoms with Gasteiger partial charge in [-0.3, -0.25) is 9.78 Å². The van der Waals surface area contributed by atoms with E-state index in [1.165, 1.54) is 16.9 Å². The van der Waals surface area contributed by atoms with Crippen LogP contribution in [0.15, 0.2) is 18.3 Å². The van der Waals surface area contributed by atoms with Crippen LogP contribution in [0, 0.1) is 0 Å².